The zero-order valence-electron chi connectivity index (χ0n) is 12.4. The molecule has 0 aliphatic carbocycles. The first-order valence-electron chi connectivity index (χ1n) is 7.02. The number of carbonyl (C=O) groups excluding carboxylic acids is 1. The van der Waals surface area contributed by atoms with Crippen LogP contribution in [0.25, 0.3) is 0 Å². The molecule has 1 aliphatic rings. The molecule has 5 heteroatoms. The second kappa shape index (κ2) is 5.79. The van der Waals surface area contributed by atoms with Gasteiger partial charge in [-0.15, -0.1) is 0 Å². The standard InChI is InChI=1S/C15H23N3O2/c1-15(2,3)20-14(19)18-7-6-12(10-18)13-5-4-11(8-16)9-17-13/h4-5,9,12H,6-8,10,16H2,1-3H3. The van der Waals surface area contributed by atoms with Crippen LogP contribution in [0.2, 0.25) is 0 Å². The van der Waals surface area contributed by atoms with Gasteiger partial charge in [-0.25, -0.2) is 4.79 Å². The fourth-order valence-electron chi connectivity index (χ4n) is 2.29. The number of nitrogens with zero attached hydrogens (tertiary/aromatic N) is 2. The Morgan fingerprint density at radius 3 is 2.80 bits per heavy atom. The van der Waals surface area contributed by atoms with Crippen molar-refractivity contribution in [2.24, 2.45) is 5.73 Å². The van der Waals surface area contributed by atoms with Gasteiger partial charge in [0.05, 0.1) is 0 Å². The summed E-state index contributed by atoms with van der Waals surface area (Å²) in [6, 6.07) is 4.00. The summed E-state index contributed by atoms with van der Waals surface area (Å²) in [5, 5.41) is 0. The number of aromatic nitrogens is 1. The van der Waals surface area contributed by atoms with Gasteiger partial charge in [0.25, 0.3) is 0 Å². The van der Waals surface area contributed by atoms with Crippen molar-refractivity contribution < 1.29 is 9.53 Å². The van der Waals surface area contributed by atoms with Crippen molar-refractivity contribution in [3.05, 3.63) is 29.6 Å². The predicted octanol–water partition coefficient (Wildman–Crippen LogP) is 2.26. The highest BCUT2D eigenvalue weighted by molar-refractivity contribution is 5.68. The molecule has 0 bridgehead atoms. The average Bonchev–Trinajstić information content (AvgIpc) is 2.86. The molecule has 1 saturated heterocycles. The lowest BCUT2D eigenvalue weighted by Gasteiger charge is -2.24. The molecular formula is C15H23N3O2. The van der Waals surface area contributed by atoms with E-state index in [-0.39, 0.29) is 12.0 Å². The first-order chi connectivity index (χ1) is 9.39. The zero-order chi connectivity index (χ0) is 14.8. The van der Waals surface area contributed by atoms with Gasteiger partial charge in [-0.1, -0.05) is 6.07 Å². The summed E-state index contributed by atoms with van der Waals surface area (Å²) in [5.74, 6) is 0.286. The molecule has 1 unspecified atom stereocenters. The average molecular weight is 277 g/mol. The van der Waals surface area contributed by atoms with E-state index in [1.807, 2.05) is 39.1 Å². The van der Waals surface area contributed by atoms with Crippen LogP contribution >= 0.6 is 0 Å². The number of likely N-dealkylation sites (tertiary alicyclic amines) is 1. The number of ether oxygens (including phenoxy) is 1. The maximum Gasteiger partial charge on any atom is 0.410 e. The van der Waals surface area contributed by atoms with Crippen molar-refractivity contribution in [3.63, 3.8) is 0 Å². The Bertz CT molecular complexity index is 465. The molecule has 1 amide bonds. The highest BCUT2D eigenvalue weighted by Gasteiger charge is 2.31. The van der Waals surface area contributed by atoms with Crippen molar-refractivity contribution in [2.75, 3.05) is 13.1 Å². The Balaban J connectivity index is 1.96. The van der Waals surface area contributed by atoms with Crippen LogP contribution < -0.4 is 5.73 Å². The molecule has 0 radical (unpaired) electrons. The molecule has 5 nitrogen and oxygen atoms in total. The first kappa shape index (κ1) is 14.8. The quantitative estimate of drug-likeness (QED) is 0.900. The highest BCUT2D eigenvalue weighted by atomic mass is 16.6. The van der Waals surface area contributed by atoms with E-state index in [1.165, 1.54) is 0 Å². The fraction of sp³-hybridized carbons (Fsp3) is 0.600. The zero-order valence-corrected chi connectivity index (χ0v) is 12.4. The Labute approximate surface area is 120 Å². The van der Waals surface area contributed by atoms with Gasteiger partial charge in [-0.3, -0.25) is 4.98 Å². The fourth-order valence-corrected chi connectivity index (χ4v) is 2.29. The summed E-state index contributed by atoms with van der Waals surface area (Å²) >= 11 is 0. The van der Waals surface area contributed by atoms with Crippen LogP contribution in [0.3, 0.4) is 0 Å². The van der Waals surface area contributed by atoms with E-state index in [0.717, 1.165) is 24.2 Å². The van der Waals surface area contributed by atoms with Crippen molar-refractivity contribution in [1.82, 2.24) is 9.88 Å². The molecule has 0 aromatic carbocycles. The minimum Gasteiger partial charge on any atom is -0.444 e. The number of nitrogens with two attached hydrogens (primary N) is 1. The van der Waals surface area contributed by atoms with Gasteiger partial charge in [0.2, 0.25) is 0 Å². The van der Waals surface area contributed by atoms with Gasteiger partial charge in [0.1, 0.15) is 5.60 Å². The lowest BCUT2D eigenvalue weighted by Crippen LogP contribution is -2.35. The van der Waals surface area contributed by atoms with Gasteiger partial charge >= 0.3 is 6.09 Å². The van der Waals surface area contributed by atoms with Crippen LogP contribution in [-0.2, 0) is 11.3 Å². The van der Waals surface area contributed by atoms with Gasteiger partial charge < -0.3 is 15.4 Å². The number of carbonyl (C=O) groups is 1. The predicted molar refractivity (Wildman–Crippen MR) is 77.3 cm³/mol. The molecule has 2 rings (SSSR count). The minimum atomic E-state index is -0.448. The third kappa shape index (κ3) is 3.70. The Kier molecular flexibility index (Phi) is 4.28. The molecule has 20 heavy (non-hydrogen) atoms. The van der Waals surface area contributed by atoms with E-state index in [0.29, 0.717) is 13.1 Å². The van der Waals surface area contributed by atoms with Crippen LogP contribution in [-0.4, -0.2) is 34.7 Å². The van der Waals surface area contributed by atoms with E-state index in [9.17, 15) is 4.79 Å². The number of amides is 1. The molecule has 0 spiro atoms. The first-order valence-corrected chi connectivity index (χ1v) is 7.02. The second-order valence-corrected chi connectivity index (χ2v) is 6.21. The summed E-state index contributed by atoms with van der Waals surface area (Å²) in [7, 11) is 0. The summed E-state index contributed by atoms with van der Waals surface area (Å²) in [6.07, 6.45) is 2.50. The molecule has 1 aliphatic heterocycles. The smallest absolute Gasteiger partial charge is 0.410 e. The van der Waals surface area contributed by atoms with Crippen molar-refractivity contribution >= 4 is 6.09 Å². The highest BCUT2D eigenvalue weighted by Crippen LogP contribution is 2.27. The lowest BCUT2D eigenvalue weighted by molar-refractivity contribution is 0.0292. The van der Waals surface area contributed by atoms with E-state index in [1.54, 1.807) is 4.90 Å². The van der Waals surface area contributed by atoms with Crippen LogP contribution in [0.15, 0.2) is 18.3 Å². The van der Waals surface area contributed by atoms with E-state index in [2.05, 4.69) is 4.98 Å². The molecular weight excluding hydrogens is 254 g/mol. The third-order valence-corrected chi connectivity index (χ3v) is 3.34. The third-order valence-electron chi connectivity index (χ3n) is 3.34. The van der Waals surface area contributed by atoms with Gasteiger partial charge in [-0.05, 0) is 38.8 Å². The van der Waals surface area contributed by atoms with E-state index < -0.39 is 5.60 Å². The molecule has 1 aromatic heterocycles. The van der Waals surface area contributed by atoms with Crippen LogP contribution in [0.5, 0.6) is 0 Å². The maximum absolute atomic E-state index is 12.0. The normalized spacial score (nSPS) is 19.2. The van der Waals surface area contributed by atoms with Gasteiger partial charge in [0, 0.05) is 37.4 Å². The summed E-state index contributed by atoms with van der Waals surface area (Å²) < 4.78 is 5.39. The van der Waals surface area contributed by atoms with Crippen molar-refractivity contribution in [2.45, 2.75) is 45.3 Å². The Morgan fingerprint density at radius 1 is 1.50 bits per heavy atom. The number of pyridine rings is 1. The maximum atomic E-state index is 12.0. The Hall–Kier alpha value is -1.62. The summed E-state index contributed by atoms with van der Waals surface area (Å²) in [4.78, 5) is 18.2. The number of hydrogen-bond acceptors (Lipinski definition) is 4. The topological polar surface area (TPSA) is 68.5 Å². The SMILES string of the molecule is CC(C)(C)OC(=O)N1CCC(c2ccc(CN)cn2)C1. The van der Waals surface area contributed by atoms with Crippen LogP contribution in [0.1, 0.15) is 44.4 Å². The van der Waals surface area contributed by atoms with Crippen molar-refractivity contribution in [1.29, 1.82) is 0 Å². The molecule has 2 N–H and O–H groups in total. The minimum absolute atomic E-state index is 0.237. The van der Waals surface area contributed by atoms with Crippen LogP contribution in [0, 0.1) is 0 Å². The van der Waals surface area contributed by atoms with Gasteiger partial charge in [-0.2, -0.15) is 0 Å². The van der Waals surface area contributed by atoms with E-state index in [4.69, 9.17) is 10.5 Å². The molecule has 1 aromatic rings. The number of rotatable bonds is 2. The summed E-state index contributed by atoms with van der Waals surface area (Å²) in [5.41, 5.74) is 7.16. The largest absolute Gasteiger partial charge is 0.444 e. The molecule has 2 heterocycles. The van der Waals surface area contributed by atoms with Gasteiger partial charge in [0.15, 0.2) is 0 Å². The molecule has 0 saturated carbocycles. The monoisotopic (exact) mass is 277 g/mol. The molecule has 110 valence electrons. The molecule has 1 atom stereocenters. The molecule has 1 fully saturated rings. The summed E-state index contributed by atoms with van der Waals surface area (Å²) in [6.45, 7) is 7.54. The van der Waals surface area contributed by atoms with E-state index >= 15 is 0 Å². The Morgan fingerprint density at radius 2 is 2.25 bits per heavy atom. The second-order valence-electron chi connectivity index (χ2n) is 6.21. The number of hydrogen-bond donors (Lipinski definition) is 1. The van der Waals surface area contributed by atoms with Crippen LogP contribution in [0.4, 0.5) is 4.79 Å². The lowest BCUT2D eigenvalue weighted by atomic mass is 10.0. The van der Waals surface area contributed by atoms with Crippen molar-refractivity contribution in [3.8, 4) is 0 Å².